The molecule has 4 heteroatoms. The van der Waals surface area contributed by atoms with Crippen LogP contribution in [0.25, 0.3) is 0 Å². The van der Waals surface area contributed by atoms with Gasteiger partial charge in [-0.3, -0.25) is 4.90 Å². The molecule has 1 unspecified atom stereocenters. The van der Waals surface area contributed by atoms with Gasteiger partial charge in [0.1, 0.15) is 0 Å². The monoisotopic (exact) mass is 190 g/mol. The molecule has 2 N–H and O–H groups in total. The van der Waals surface area contributed by atoms with Crippen LogP contribution in [0, 0.1) is 0 Å². The fourth-order valence-electron chi connectivity index (χ4n) is 2.13. The van der Waals surface area contributed by atoms with Crippen LogP contribution < -0.4 is 5.73 Å². The first-order chi connectivity index (χ1) is 6.12. The first-order valence-corrected chi connectivity index (χ1v) is 4.93. The molecule has 2 nitrogen and oxygen atoms in total. The maximum absolute atomic E-state index is 12.5. The molecule has 1 saturated carbocycles. The predicted molar refractivity (Wildman–Crippen MR) is 46.8 cm³/mol. The molecule has 0 amide bonds. The number of nitrogens with zero attached hydrogens (tertiary/aromatic N) is 1. The van der Waals surface area contributed by atoms with E-state index < -0.39 is 12.0 Å². The molecule has 1 aliphatic carbocycles. The molecule has 0 aromatic carbocycles. The van der Waals surface area contributed by atoms with Gasteiger partial charge in [0.15, 0.2) is 0 Å². The van der Waals surface area contributed by atoms with E-state index in [1.54, 1.807) is 0 Å². The summed E-state index contributed by atoms with van der Waals surface area (Å²) < 4.78 is 25.1. The lowest BCUT2D eigenvalue weighted by Gasteiger charge is -2.35. The Morgan fingerprint density at radius 2 is 2.08 bits per heavy atom. The van der Waals surface area contributed by atoms with Crippen molar-refractivity contribution in [3.8, 4) is 0 Å². The summed E-state index contributed by atoms with van der Waals surface area (Å²) >= 11 is 0. The lowest BCUT2D eigenvalue weighted by atomic mass is 9.91. The average Bonchev–Trinajstić information content (AvgIpc) is 2.30. The molecule has 1 saturated heterocycles. The van der Waals surface area contributed by atoms with Gasteiger partial charge in [-0.05, 0) is 19.3 Å². The van der Waals surface area contributed by atoms with Gasteiger partial charge >= 0.3 is 0 Å². The minimum atomic E-state index is -2.38. The largest absolute Gasteiger partial charge is 0.319 e. The lowest BCUT2D eigenvalue weighted by molar-refractivity contribution is 0.0497. The number of nitrogens with two attached hydrogens (primary N) is 1. The maximum Gasteiger partial charge on any atom is 0.257 e. The summed E-state index contributed by atoms with van der Waals surface area (Å²) in [6.07, 6.45) is 1.64. The van der Waals surface area contributed by atoms with Crippen LogP contribution in [0.4, 0.5) is 8.78 Å². The van der Waals surface area contributed by atoms with Crippen LogP contribution in [-0.2, 0) is 0 Å². The summed E-state index contributed by atoms with van der Waals surface area (Å²) in [5, 5.41) is 0. The van der Waals surface area contributed by atoms with Crippen molar-refractivity contribution in [3.63, 3.8) is 0 Å². The van der Waals surface area contributed by atoms with Gasteiger partial charge in [-0.15, -0.1) is 0 Å². The van der Waals surface area contributed by atoms with Gasteiger partial charge in [0.05, 0.1) is 5.54 Å². The number of rotatable bonds is 2. The molecule has 2 rings (SSSR count). The molecule has 0 spiro atoms. The molecule has 1 atom stereocenters. The fraction of sp³-hybridized carbons (Fsp3) is 1.00. The number of hydrogen-bond donors (Lipinski definition) is 1. The molecule has 0 aromatic heterocycles. The summed E-state index contributed by atoms with van der Waals surface area (Å²) in [5.74, 6) is 0. The molecular weight excluding hydrogens is 174 g/mol. The van der Waals surface area contributed by atoms with E-state index in [2.05, 4.69) is 4.90 Å². The molecule has 0 aromatic rings. The zero-order valence-electron chi connectivity index (χ0n) is 7.68. The van der Waals surface area contributed by atoms with E-state index in [1.165, 1.54) is 19.3 Å². The van der Waals surface area contributed by atoms with E-state index >= 15 is 0 Å². The van der Waals surface area contributed by atoms with Crippen LogP contribution in [0.15, 0.2) is 0 Å². The highest BCUT2D eigenvalue weighted by atomic mass is 19.3. The van der Waals surface area contributed by atoms with Crippen molar-refractivity contribution >= 4 is 0 Å². The van der Waals surface area contributed by atoms with E-state index in [0.29, 0.717) is 19.0 Å². The zero-order chi connectivity index (χ0) is 9.47. The molecule has 2 fully saturated rings. The Morgan fingerprint density at radius 3 is 2.46 bits per heavy atom. The number of likely N-dealkylation sites (tertiary alicyclic amines) is 1. The zero-order valence-corrected chi connectivity index (χ0v) is 7.68. The minimum Gasteiger partial charge on any atom is -0.319 e. The van der Waals surface area contributed by atoms with Crippen molar-refractivity contribution in [2.75, 3.05) is 13.1 Å². The predicted octanol–water partition coefficient (Wildman–Crippen LogP) is 1.21. The van der Waals surface area contributed by atoms with Gasteiger partial charge in [-0.1, -0.05) is 6.42 Å². The average molecular weight is 190 g/mol. The SMILES string of the molecule is NC1(C(F)F)CCN(C2CCC2)C1. The first-order valence-electron chi connectivity index (χ1n) is 4.93. The summed E-state index contributed by atoms with van der Waals surface area (Å²) in [6, 6.07) is 0.546. The van der Waals surface area contributed by atoms with Crippen molar-refractivity contribution in [2.45, 2.75) is 43.7 Å². The smallest absolute Gasteiger partial charge is 0.257 e. The van der Waals surface area contributed by atoms with Crippen LogP contribution in [-0.4, -0.2) is 36.0 Å². The maximum atomic E-state index is 12.5. The van der Waals surface area contributed by atoms with Crippen LogP contribution in [0.5, 0.6) is 0 Å². The molecule has 76 valence electrons. The second-order valence-corrected chi connectivity index (χ2v) is 4.34. The first kappa shape index (κ1) is 9.34. The van der Waals surface area contributed by atoms with E-state index in [1.807, 2.05) is 0 Å². The Hall–Kier alpha value is -0.220. The number of hydrogen-bond acceptors (Lipinski definition) is 2. The third-order valence-corrected chi connectivity index (χ3v) is 3.39. The van der Waals surface area contributed by atoms with Gasteiger partial charge in [-0.25, -0.2) is 8.78 Å². The van der Waals surface area contributed by atoms with Crippen LogP contribution >= 0.6 is 0 Å². The van der Waals surface area contributed by atoms with Gasteiger partial charge in [0.25, 0.3) is 6.43 Å². The third-order valence-electron chi connectivity index (χ3n) is 3.39. The van der Waals surface area contributed by atoms with Gasteiger partial charge in [-0.2, -0.15) is 0 Å². The van der Waals surface area contributed by atoms with Gasteiger partial charge in [0, 0.05) is 19.1 Å². The van der Waals surface area contributed by atoms with Crippen LogP contribution in [0.3, 0.4) is 0 Å². The molecule has 0 bridgehead atoms. The molecule has 2 aliphatic rings. The van der Waals surface area contributed by atoms with E-state index in [9.17, 15) is 8.78 Å². The highest BCUT2D eigenvalue weighted by molar-refractivity contribution is 4.99. The molecule has 13 heavy (non-hydrogen) atoms. The second kappa shape index (κ2) is 3.17. The fourth-order valence-corrected chi connectivity index (χ4v) is 2.13. The van der Waals surface area contributed by atoms with Crippen molar-refractivity contribution in [2.24, 2.45) is 5.73 Å². The summed E-state index contributed by atoms with van der Waals surface area (Å²) in [5.41, 5.74) is 4.39. The quantitative estimate of drug-likeness (QED) is 0.709. The van der Waals surface area contributed by atoms with E-state index in [0.717, 1.165) is 6.54 Å². The Balaban J connectivity index is 1.92. The highest BCUT2D eigenvalue weighted by Crippen LogP contribution is 2.32. The van der Waals surface area contributed by atoms with E-state index in [4.69, 9.17) is 5.73 Å². The van der Waals surface area contributed by atoms with Crippen molar-refractivity contribution < 1.29 is 8.78 Å². The molecular formula is C9H16F2N2. The Labute approximate surface area is 77.1 Å². The second-order valence-electron chi connectivity index (χ2n) is 4.34. The molecule has 1 heterocycles. The Morgan fingerprint density at radius 1 is 1.38 bits per heavy atom. The number of alkyl halides is 2. The number of halogens is 2. The van der Waals surface area contributed by atoms with Crippen LogP contribution in [0.1, 0.15) is 25.7 Å². The van der Waals surface area contributed by atoms with Crippen molar-refractivity contribution in [1.29, 1.82) is 0 Å². The van der Waals surface area contributed by atoms with Crippen molar-refractivity contribution in [1.82, 2.24) is 4.90 Å². The third kappa shape index (κ3) is 1.57. The Kier molecular flexibility index (Phi) is 2.28. The normalized spacial score (nSPS) is 36.9. The van der Waals surface area contributed by atoms with Crippen molar-refractivity contribution in [3.05, 3.63) is 0 Å². The topological polar surface area (TPSA) is 29.3 Å². The Bertz CT molecular complexity index is 194. The summed E-state index contributed by atoms with van der Waals surface area (Å²) in [6.45, 7) is 1.14. The highest BCUT2D eigenvalue weighted by Gasteiger charge is 2.44. The standard InChI is InChI=1S/C9H16F2N2/c10-8(11)9(12)4-5-13(6-9)7-2-1-3-7/h7-8H,1-6,12H2. The minimum absolute atomic E-state index is 0.384. The lowest BCUT2D eigenvalue weighted by Crippen LogP contribution is -2.51. The molecule has 1 aliphatic heterocycles. The summed E-state index contributed by atoms with van der Waals surface area (Å²) in [4.78, 5) is 2.13. The summed E-state index contributed by atoms with van der Waals surface area (Å²) in [7, 11) is 0. The van der Waals surface area contributed by atoms with Gasteiger partial charge < -0.3 is 5.73 Å². The van der Waals surface area contributed by atoms with Crippen LogP contribution in [0.2, 0.25) is 0 Å². The molecule has 0 radical (unpaired) electrons. The van der Waals surface area contributed by atoms with E-state index in [-0.39, 0.29) is 0 Å². The van der Waals surface area contributed by atoms with Gasteiger partial charge in [0.2, 0.25) is 0 Å².